The molecular formula is C23H28N4O3. The molecule has 0 atom stereocenters. The minimum absolute atomic E-state index is 0.137. The van der Waals surface area contributed by atoms with Gasteiger partial charge < -0.3 is 14.5 Å². The summed E-state index contributed by atoms with van der Waals surface area (Å²) in [5.41, 5.74) is 4.25. The van der Waals surface area contributed by atoms with Gasteiger partial charge in [0.05, 0.1) is 25.2 Å². The highest BCUT2D eigenvalue weighted by atomic mass is 16.5. The molecular weight excluding hydrogens is 380 g/mol. The van der Waals surface area contributed by atoms with Crippen molar-refractivity contribution in [3.05, 3.63) is 59.5 Å². The Balaban J connectivity index is 1.51. The first-order valence-corrected chi connectivity index (χ1v) is 10.4. The van der Waals surface area contributed by atoms with Crippen molar-refractivity contribution in [2.75, 3.05) is 39.4 Å². The van der Waals surface area contributed by atoms with Crippen molar-refractivity contribution in [3.63, 3.8) is 0 Å². The van der Waals surface area contributed by atoms with Crippen LogP contribution >= 0.6 is 0 Å². The van der Waals surface area contributed by atoms with Gasteiger partial charge in [-0.2, -0.15) is 5.10 Å². The second kappa shape index (κ2) is 9.28. The summed E-state index contributed by atoms with van der Waals surface area (Å²) in [7, 11) is 0. The molecule has 7 heteroatoms. The highest BCUT2D eigenvalue weighted by Gasteiger charge is 2.20. The zero-order chi connectivity index (χ0) is 20.9. The average molecular weight is 409 g/mol. The number of carbonyl (C=O) groups is 1. The molecule has 1 fully saturated rings. The molecule has 7 nitrogen and oxygen atoms in total. The fraction of sp³-hybridized carbons (Fsp3) is 0.391. The van der Waals surface area contributed by atoms with Gasteiger partial charge in [0.1, 0.15) is 11.4 Å². The molecule has 2 aromatic heterocycles. The lowest BCUT2D eigenvalue weighted by Crippen LogP contribution is -2.38. The highest BCUT2D eigenvalue weighted by molar-refractivity contribution is 5.94. The summed E-state index contributed by atoms with van der Waals surface area (Å²) in [5.74, 6) is 0.502. The standard InChI is InChI=1S/C23H28N4O3/c1-17-6-7-20(18(2)15-17)27-21(16-19(25-27)22-5-3-12-30-22)23(28)24-8-4-9-26-10-13-29-14-11-26/h3,5-7,12,15-16H,4,8-11,13-14H2,1-2H3,(H,24,28). The fourth-order valence-corrected chi connectivity index (χ4v) is 3.73. The molecule has 0 saturated carbocycles. The van der Waals surface area contributed by atoms with Crippen molar-refractivity contribution in [3.8, 4) is 17.1 Å². The summed E-state index contributed by atoms with van der Waals surface area (Å²) in [6.07, 6.45) is 2.51. The van der Waals surface area contributed by atoms with Gasteiger partial charge in [0.25, 0.3) is 5.91 Å². The lowest BCUT2D eigenvalue weighted by atomic mass is 10.1. The molecule has 0 aliphatic carbocycles. The number of furan rings is 1. The summed E-state index contributed by atoms with van der Waals surface area (Å²) in [4.78, 5) is 15.4. The van der Waals surface area contributed by atoms with Crippen molar-refractivity contribution >= 4 is 5.91 Å². The van der Waals surface area contributed by atoms with Crippen LogP contribution in [0.25, 0.3) is 17.1 Å². The normalized spacial score (nSPS) is 14.7. The van der Waals surface area contributed by atoms with E-state index in [0.29, 0.717) is 23.7 Å². The Bertz CT molecular complexity index is 988. The van der Waals surface area contributed by atoms with Crippen molar-refractivity contribution in [2.24, 2.45) is 0 Å². The second-order valence-corrected chi connectivity index (χ2v) is 7.66. The summed E-state index contributed by atoms with van der Waals surface area (Å²) in [6, 6.07) is 11.6. The number of aryl methyl sites for hydroxylation is 2. The summed E-state index contributed by atoms with van der Waals surface area (Å²) < 4.78 is 12.6. The molecule has 3 aromatic rings. The molecule has 1 amide bonds. The molecule has 1 aliphatic rings. The predicted octanol–water partition coefficient (Wildman–Crippen LogP) is 3.20. The smallest absolute Gasteiger partial charge is 0.270 e. The number of amides is 1. The number of rotatable bonds is 7. The van der Waals surface area contributed by atoms with E-state index in [2.05, 4.69) is 28.3 Å². The van der Waals surface area contributed by atoms with E-state index in [-0.39, 0.29) is 5.91 Å². The minimum Gasteiger partial charge on any atom is -0.463 e. The molecule has 1 aromatic carbocycles. The first kappa shape index (κ1) is 20.4. The Hall–Kier alpha value is -2.90. The van der Waals surface area contributed by atoms with Crippen LogP contribution in [0.15, 0.2) is 47.1 Å². The van der Waals surface area contributed by atoms with Gasteiger partial charge >= 0.3 is 0 Å². The topological polar surface area (TPSA) is 72.5 Å². The van der Waals surface area contributed by atoms with Crippen LogP contribution < -0.4 is 5.32 Å². The number of ether oxygens (including phenoxy) is 1. The van der Waals surface area contributed by atoms with Crippen molar-refractivity contribution in [1.29, 1.82) is 0 Å². The fourth-order valence-electron chi connectivity index (χ4n) is 3.73. The van der Waals surface area contributed by atoms with Gasteiger partial charge in [0.15, 0.2) is 5.76 Å². The zero-order valence-electron chi connectivity index (χ0n) is 17.6. The molecule has 158 valence electrons. The van der Waals surface area contributed by atoms with Crippen LogP contribution in [0.5, 0.6) is 0 Å². The first-order valence-electron chi connectivity index (χ1n) is 10.4. The van der Waals surface area contributed by atoms with E-state index >= 15 is 0 Å². The van der Waals surface area contributed by atoms with Gasteiger partial charge in [-0.25, -0.2) is 4.68 Å². The van der Waals surface area contributed by atoms with Crippen LogP contribution in [0.3, 0.4) is 0 Å². The maximum absolute atomic E-state index is 13.0. The summed E-state index contributed by atoms with van der Waals surface area (Å²) >= 11 is 0. The molecule has 3 heterocycles. The maximum atomic E-state index is 13.0. The number of carbonyl (C=O) groups excluding carboxylic acids is 1. The molecule has 0 bridgehead atoms. The number of nitrogens with zero attached hydrogens (tertiary/aromatic N) is 3. The molecule has 0 radical (unpaired) electrons. The second-order valence-electron chi connectivity index (χ2n) is 7.66. The van der Waals surface area contributed by atoms with Gasteiger partial charge in [-0.3, -0.25) is 9.69 Å². The van der Waals surface area contributed by atoms with Crippen LogP contribution in [-0.2, 0) is 4.74 Å². The Morgan fingerprint density at radius 3 is 2.73 bits per heavy atom. The number of hydrogen-bond donors (Lipinski definition) is 1. The lowest BCUT2D eigenvalue weighted by molar-refractivity contribution is 0.0374. The van der Waals surface area contributed by atoms with E-state index in [1.807, 2.05) is 31.2 Å². The van der Waals surface area contributed by atoms with Gasteiger partial charge in [-0.05, 0) is 50.6 Å². The van der Waals surface area contributed by atoms with Crippen LogP contribution in [0.1, 0.15) is 28.0 Å². The molecule has 30 heavy (non-hydrogen) atoms. The first-order chi connectivity index (χ1) is 14.6. The molecule has 4 rings (SSSR count). The van der Waals surface area contributed by atoms with E-state index in [0.717, 1.165) is 50.5 Å². The Morgan fingerprint density at radius 1 is 1.17 bits per heavy atom. The number of morpholine rings is 1. The largest absolute Gasteiger partial charge is 0.463 e. The van der Waals surface area contributed by atoms with Gasteiger partial charge in [-0.15, -0.1) is 0 Å². The number of nitrogens with one attached hydrogen (secondary N) is 1. The Labute approximate surface area is 176 Å². The Morgan fingerprint density at radius 2 is 2.00 bits per heavy atom. The molecule has 1 saturated heterocycles. The highest BCUT2D eigenvalue weighted by Crippen LogP contribution is 2.24. The summed E-state index contributed by atoms with van der Waals surface area (Å²) in [6.45, 7) is 9.15. The lowest BCUT2D eigenvalue weighted by Gasteiger charge is -2.26. The van der Waals surface area contributed by atoms with Crippen LogP contribution in [-0.4, -0.2) is 60.0 Å². The number of aromatic nitrogens is 2. The van der Waals surface area contributed by atoms with Gasteiger partial charge in [-0.1, -0.05) is 17.7 Å². The van der Waals surface area contributed by atoms with E-state index in [1.54, 1.807) is 17.0 Å². The van der Waals surface area contributed by atoms with E-state index < -0.39 is 0 Å². The van der Waals surface area contributed by atoms with Crippen LogP contribution in [0, 0.1) is 13.8 Å². The zero-order valence-corrected chi connectivity index (χ0v) is 17.6. The third-order valence-corrected chi connectivity index (χ3v) is 5.34. The van der Waals surface area contributed by atoms with Gasteiger partial charge in [0.2, 0.25) is 0 Å². The average Bonchev–Trinajstić information content (AvgIpc) is 3.42. The van der Waals surface area contributed by atoms with E-state index in [1.165, 1.54) is 5.56 Å². The quantitative estimate of drug-likeness (QED) is 0.608. The molecule has 1 N–H and O–H groups in total. The third-order valence-electron chi connectivity index (χ3n) is 5.34. The van der Waals surface area contributed by atoms with E-state index in [9.17, 15) is 4.79 Å². The number of hydrogen-bond acceptors (Lipinski definition) is 5. The minimum atomic E-state index is -0.137. The predicted molar refractivity (Wildman–Crippen MR) is 115 cm³/mol. The SMILES string of the molecule is Cc1ccc(-n2nc(-c3ccco3)cc2C(=O)NCCCN2CCOCC2)c(C)c1. The van der Waals surface area contributed by atoms with Crippen molar-refractivity contribution < 1.29 is 13.9 Å². The Kier molecular flexibility index (Phi) is 6.30. The number of benzene rings is 1. The molecule has 0 unspecified atom stereocenters. The summed E-state index contributed by atoms with van der Waals surface area (Å²) in [5, 5.41) is 7.73. The van der Waals surface area contributed by atoms with Crippen molar-refractivity contribution in [2.45, 2.75) is 20.3 Å². The van der Waals surface area contributed by atoms with E-state index in [4.69, 9.17) is 9.15 Å². The van der Waals surface area contributed by atoms with Crippen LogP contribution in [0.4, 0.5) is 0 Å². The maximum Gasteiger partial charge on any atom is 0.270 e. The monoisotopic (exact) mass is 408 g/mol. The molecule has 1 aliphatic heterocycles. The van der Waals surface area contributed by atoms with Crippen molar-refractivity contribution in [1.82, 2.24) is 20.0 Å². The third kappa shape index (κ3) is 4.63. The molecule has 0 spiro atoms. The van der Waals surface area contributed by atoms with Crippen LogP contribution in [0.2, 0.25) is 0 Å². The van der Waals surface area contributed by atoms with Gasteiger partial charge in [0, 0.05) is 25.7 Å².